The van der Waals surface area contributed by atoms with Gasteiger partial charge in [-0.25, -0.2) is 0 Å². The minimum atomic E-state index is 0.670. The van der Waals surface area contributed by atoms with Gasteiger partial charge < -0.3 is 15.5 Å². The number of hydrogen-bond acceptors (Lipinski definition) is 4. The van der Waals surface area contributed by atoms with Crippen LogP contribution in [0.15, 0.2) is 6.07 Å². The fourth-order valence-corrected chi connectivity index (χ4v) is 3.47. The van der Waals surface area contributed by atoms with Gasteiger partial charge in [-0.05, 0) is 51.5 Å². The average molecular weight is 267 g/mol. The fourth-order valence-electron chi connectivity index (χ4n) is 2.53. The van der Waals surface area contributed by atoms with E-state index < -0.39 is 0 Å². The van der Waals surface area contributed by atoms with E-state index in [1.807, 2.05) is 11.3 Å². The Hall–Kier alpha value is -0.420. The molecule has 0 saturated carbocycles. The summed E-state index contributed by atoms with van der Waals surface area (Å²) in [5.74, 6) is 0. The number of rotatable bonds is 6. The molecule has 0 atom stereocenters. The lowest BCUT2D eigenvalue weighted by Crippen LogP contribution is -2.31. The van der Waals surface area contributed by atoms with Crippen LogP contribution in [0.2, 0.25) is 0 Å². The smallest absolute Gasteiger partial charge is 0.0274 e. The summed E-state index contributed by atoms with van der Waals surface area (Å²) < 4.78 is 0. The minimum absolute atomic E-state index is 0.670. The van der Waals surface area contributed by atoms with Gasteiger partial charge in [-0.15, -0.1) is 11.3 Å². The molecule has 2 rings (SSSR count). The van der Waals surface area contributed by atoms with Crippen LogP contribution >= 0.6 is 11.3 Å². The molecule has 0 amide bonds. The molecule has 4 heteroatoms. The zero-order chi connectivity index (χ0) is 13.0. The first-order valence-electron chi connectivity index (χ1n) is 6.88. The van der Waals surface area contributed by atoms with Crippen molar-refractivity contribution in [3.8, 4) is 0 Å². The number of likely N-dealkylation sites (tertiary alicyclic amines) is 1. The summed E-state index contributed by atoms with van der Waals surface area (Å²) in [6.45, 7) is 8.88. The number of aryl methyl sites for hydroxylation is 1. The molecule has 2 N–H and O–H groups in total. The fraction of sp³-hybridized carbons (Fsp3) is 0.714. The highest BCUT2D eigenvalue weighted by molar-refractivity contribution is 7.12. The molecule has 18 heavy (non-hydrogen) atoms. The molecule has 0 spiro atoms. The minimum Gasteiger partial charge on any atom is -0.326 e. The van der Waals surface area contributed by atoms with Gasteiger partial charge in [0.25, 0.3) is 0 Å². The molecular formula is C14H25N3S. The lowest BCUT2D eigenvalue weighted by molar-refractivity contribution is 0.252. The summed E-state index contributed by atoms with van der Waals surface area (Å²) >= 11 is 1.84. The van der Waals surface area contributed by atoms with Crippen LogP contribution in [0.25, 0.3) is 0 Å². The second-order valence-electron chi connectivity index (χ2n) is 5.28. The van der Waals surface area contributed by atoms with Crippen LogP contribution in [0.3, 0.4) is 0 Å². The van der Waals surface area contributed by atoms with Gasteiger partial charge in [-0.2, -0.15) is 0 Å². The number of thiophene rings is 1. The molecule has 1 saturated heterocycles. The average Bonchev–Trinajstić information content (AvgIpc) is 2.97. The standard InChI is InChI=1S/C14H25N3S/c1-12-13(9-14(10-15)18-12)11-16(2)7-8-17-5-3-4-6-17/h9H,3-8,10-11,15H2,1-2H3. The number of likely N-dealkylation sites (N-methyl/N-ethyl adjacent to an activating group) is 1. The molecule has 0 bridgehead atoms. The zero-order valence-electron chi connectivity index (χ0n) is 11.6. The Morgan fingerprint density at radius 2 is 2.11 bits per heavy atom. The summed E-state index contributed by atoms with van der Waals surface area (Å²) in [4.78, 5) is 7.72. The molecule has 1 aromatic rings. The molecule has 0 aromatic carbocycles. The van der Waals surface area contributed by atoms with Crippen molar-refractivity contribution in [3.05, 3.63) is 21.4 Å². The second kappa shape index (κ2) is 6.66. The Morgan fingerprint density at radius 1 is 1.39 bits per heavy atom. The van der Waals surface area contributed by atoms with E-state index in [1.165, 1.54) is 47.8 Å². The van der Waals surface area contributed by atoms with Crippen molar-refractivity contribution < 1.29 is 0 Å². The first-order chi connectivity index (χ1) is 8.69. The maximum Gasteiger partial charge on any atom is 0.0274 e. The van der Waals surface area contributed by atoms with Crippen LogP contribution in [-0.4, -0.2) is 43.0 Å². The lowest BCUT2D eigenvalue weighted by Gasteiger charge is -2.21. The molecule has 1 aliphatic heterocycles. The van der Waals surface area contributed by atoms with Gasteiger partial charge in [-0.3, -0.25) is 0 Å². The van der Waals surface area contributed by atoms with Gasteiger partial charge in [0.1, 0.15) is 0 Å². The Balaban J connectivity index is 1.78. The zero-order valence-corrected chi connectivity index (χ0v) is 12.4. The van der Waals surface area contributed by atoms with Crippen molar-refractivity contribution in [1.29, 1.82) is 0 Å². The Kier molecular flexibility index (Phi) is 5.18. The van der Waals surface area contributed by atoms with E-state index in [9.17, 15) is 0 Å². The van der Waals surface area contributed by atoms with Crippen molar-refractivity contribution in [2.45, 2.75) is 32.9 Å². The van der Waals surface area contributed by atoms with Gasteiger partial charge in [0.15, 0.2) is 0 Å². The van der Waals surface area contributed by atoms with Crippen LogP contribution in [-0.2, 0) is 13.1 Å². The van der Waals surface area contributed by atoms with Crippen LogP contribution in [0, 0.1) is 6.92 Å². The van der Waals surface area contributed by atoms with Crippen LogP contribution in [0.5, 0.6) is 0 Å². The van der Waals surface area contributed by atoms with Crippen molar-refractivity contribution in [2.24, 2.45) is 5.73 Å². The maximum absolute atomic E-state index is 5.69. The SMILES string of the molecule is Cc1sc(CN)cc1CN(C)CCN1CCCC1. The molecule has 1 aliphatic rings. The van der Waals surface area contributed by atoms with Gasteiger partial charge in [0, 0.05) is 35.9 Å². The molecule has 1 aromatic heterocycles. The Bertz CT molecular complexity index is 369. The highest BCUT2D eigenvalue weighted by Crippen LogP contribution is 2.22. The number of nitrogens with zero attached hydrogens (tertiary/aromatic N) is 2. The van der Waals surface area contributed by atoms with E-state index in [4.69, 9.17) is 5.73 Å². The van der Waals surface area contributed by atoms with Gasteiger partial charge in [-0.1, -0.05) is 0 Å². The number of hydrogen-bond donors (Lipinski definition) is 1. The second-order valence-corrected chi connectivity index (χ2v) is 6.63. The summed E-state index contributed by atoms with van der Waals surface area (Å²) in [5.41, 5.74) is 7.14. The van der Waals surface area contributed by atoms with E-state index in [2.05, 4.69) is 29.8 Å². The maximum atomic E-state index is 5.69. The Labute approximate surface area is 115 Å². The van der Waals surface area contributed by atoms with Gasteiger partial charge in [0.05, 0.1) is 0 Å². The first-order valence-corrected chi connectivity index (χ1v) is 7.70. The summed E-state index contributed by atoms with van der Waals surface area (Å²) in [5, 5.41) is 0. The summed E-state index contributed by atoms with van der Waals surface area (Å²) in [6, 6.07) is 2.27. The highest BCUT2D eigenvalue weighted by atomic mass is 32.1. The molecule has 0 aliphatic carbocycles. The third kappa shape index (κ3) is 3.79. The normalized spacial score (nSPS) is 16.9. The van der Waals surface area contributed by atoms with E-state index in [-0.39, 0.29) is 0 Å². The van der Waals surface area contributed by atoms with E-state index >= 15 is 0 Å². The predicted molar refractivity (Wildman–Crippen MR) is 79.0 cm³/mol. The predicted octanol–water partition coefficient (Wildman–Crippen LogP) is 2.04. The molecule has 102 valence electrons. The number of nitrogens with two attached hydrogens (primary N) is 1. The van der Waals surface area contributed by atoms with Crippen LogP contribution in [0.1, 0.15) is 28.2 Å². The van der Waals surface area contributed by atoms with E-state index in [0.29, 0.717) is 6.54 Å². The van der Waals surface area contributed by atoms with E-state index in [0.717, 1.165) is 13.1 Å². The Morgan fingerprint density at radius 3 is 2.72 bits per heavy atom. The van der Waals surface area contributed by atoms with Crippen LogP contribution in [0.4, 0.5) is 0 Å². The molecule has 2 heterocycles. The molecule has 0 unspecified atom stereocenters. The van der Waals surface area contributed by atoms with Crippen molar-refractivity contribution in [1.82, 2.24) is 9.80 Å². The first kappa shape index (κ1) is 14.0. The topological polar surface area (TPSA) is 32.5 Å². The van der Waals surface area contributed by atoms with Crippen molar-refractivity contribution in [2.75, 3.05) is 33.2 Å². The highest BCUT2D eigenvalue weighted by Gasteiger charge is 2.12. The molecular weight excluding hydrogens is 242 g/mol. The lowest BCUT2D eigenvalue weighted by atomic mass is 10.2. The monoisotopic (exact) mass is 267 g/mol. The van der Waals surface area contributed by atoms with Crippen LogP contribution < -0.4 is 5.73 Å². The summed E-state index contributed by atoms with van der Waals surface area (Å²) in [6.07, 6.45) is 2.76. The van der Waals surface area contributed by atoms with Crippen molar-refractivity contribution in [3.63, 3.8) is 0 Å². The third-order valence-electron chi connectivity index (χ3n) is 3.71. The van der Waals surface area contributed by atoms with Gasteiger partial charge >= 0.3 is 0 Å². The largest absolute Gasteiger partial charge is 0.326 e. The third-order valence-corrected chi connectivity index (χ3v) is 4.82. The van der Waals surface area contributed by atoms with E-state index in [1.54, 1.807) is 0 Å². The molecule has 3 nitrogen and oxygen atoms in total. The molecule has 1 fully saturated rings. The van der Waals surface area contributed by atoms with Gasteiger partial charge in [0.2, 0.25) is 0 Å². The molecule has 0 radical (unpaired) electrons. The van der Waals surface area contributed by atoms with Crippen molar-refractivity contribution >= 4 is 11.3 Å². The summed E-state index contributed by atoms with van der Waals surface area (Å²) in [7, 11) is 2.22. The quantitative estimate of drug-likeness (QED) is 0.856.